The van der Waals surface area contributed by atoms with Gasteiger partial charge in [0.05, 0.1) is 14.6 Å². The molecule has 1 aromatic rings. The summed E-state index contributed by atoms with van der Waals surface area (Å²) in [4.78, 5) is 3.91. The van der Waals surface area contributed by atoms with Crippen molar-refractivity contribution in [2.75, 3.05) is 0 Å². The van der Waals surface area contributed by atoms with Crippen LogP contribution in [-0.2, 0) is 0 Å². The summed E-state index contributed by atoms with van der Waals surface area (Å²) in [6, 6.07) is 0. The molecule has 0 saturated heterocycles. The molecule has 0 aliphatic rings. The Morgan fingerprint density at radius 3 is 2.60 bits per heavy atom. The molecule has 4 heteroatoms. The summed E-state index contributed by atoms with van der Waals surface area (Å²) in [7, 11) is 0. The molecule has 54 valence electrons. The average Bonchev–Trinajstić information content (AvgIpc) is 1.93. The highest BCUT2D eigenvalue weighted by Crippen LogP contribution is 2.32. The molecule has 0 aromatic carbocycles. The lowest BCUT2D eigenvalue weighted by Gasteiger charge is -2.00. The fourth-order valence-corrected chi connectivity index (χ4v) is 1.22. The van der Waals surface area contributed by atoms with Crippen LogP contribution < -0.4 is 0 Å². The first-order valence-corrected chi connectivity index (χ1v) is 4.21. The van der Waals surface area contributed by atoms with Gasteiger partial charge in [0.1, 0.15) is 0 Å². The first kappa shape index (κ1) is 8.01. The number of aromatic nitrogens is 1. The summed E-state index contributed by atoms with van der Waals surface area (Å²) in [6.07, 6.45) is 1.64. The highest BCUT2D eigenvalue weighted by Gasteiger charge is 2.05. The van der Waals surface area contributed by atoms with Crippen molar-refractivity contribution in [3.8, 4) is 5.75 Å². The van der Waals surface area contributed by atoms with Crippen molar-refractivity contribution < 1.29 is 5.11 Å². The number of hydrogen-bond acceptors (Lipinski definition) is 2. The van der Waals surface area contributed by atoms with Gasteiger partial charge in [0.25, 0.3) is 0 Å². The smallest absolute Gasteiger partial charge is 0.152 e. The zero-order chi connectivity index (χ0) is 7.72. The zero-order valence-corrected chi connectivity index (χ0v) is 8.40. The third-order valence-electron chi connectivity index (χ3n) is 1.13. The van der Waals surface area contributed by atoms with Gasteiger partial charge in [-0.15, -0.1) is 0 Å². The first-order chi connectivity index (χ1) is 4.63. The van der Waals surface area contributed by atoms with Gasteiger partial charge in [0.2, 0.25) is 0 Å². The van der Waals surface area contributed by atoms with Crippen molar-refractivity contribution in [1.82, 2.24) is 4.98 Å². The molecule has 10 heavy (non-hydrogen) atoms. The fourth-order valence-electron chi connectivity index (χ4n) is 0.543. The molecule has 1 rings (SSSR count). The Labute approximate surface area is 75.5 Å². The maximum atomic E-state index is 9.25. The van der Waals surface area contributed by atoms with Crippen LogP contribution in [0.3, 0.4) is 0 Å². The average molecular weight is 267 g/mol. The Morgan fingerprint density at radius 1 is 1.50 bits per heavy atom. The van der Waals surface area contributed by atoms with E-state index in [0.717, 1.165) is 4.47 Å². The van der Waals surface area contributed by atoms with E-state index >= 15 is 0 Å². The SMILES string of the molecule is Cc1ncc(Br)c(Br)c1O. The lowest BCUT2D eigenvalue weighted by molar-refractivity contribution is 0.463. The molecule has 0 spiro atoms. The predicted octanol–water partition coefficient (Wildman–Crippen LogP) is 2.62. The molecule has 0 aliphatic carbocycles. The minimum absolute atomic E-state index is 0.189. The van der Waals surface area contributed by atoms with Crippen molar-refractivity contribution >= 4 is 31.9 Å². The predicted molar refractivity (Wildman–Crippen MR) is 46.0 cm³/mol. The maximum Gasteiger partial charge on any atom is 0.152 e. The van der Waals surface area contributed by atoms with Gasteiger partial charge in [-0.3, -0.25) is 4.98 Å². The molecule has 0 aliphatic heterocycles. The van der Waals surface area contributed by atoms with Crippen LogP contribution in [-0.4, -0.2) is 10.1 Å². The number of aryl methyl sites for hydroxylation is 1. The van der Waals surface area contributed by atoms with E-state index in [1.807, 2.05) is 0 Å². The van der Waals surface area contributed by atoms with Crippen molar-refractivity contribution in [2.45, 2.75) is 6.92 Å². The van der Waals surface area contributed by atoms with Crippen LogP contribution in [0, 0.1) is 6.92 Å². The summed E-state index contributed by atoms with van der Waals surface area (Å²) in [6.45, 7) is 1.74. The van der Waals surface area contributed by atoms with Gasteiger partial charge in [0, 0.05) is 6.20 Å². The quantitative estimate of drug-likeness (QED) is 0.783. The summed E-state index contributed by atoms with van der Waals surface area (Å²) >= 11 is 6.40. The molecule has 0 unspecified atom stereocenters. The van der Waals surface area contributed by atoms with E-state index in [4.69, 9.17) is 0 Å². The molecule has 0 bridgehead atoms. The Hall–Kier alpha value is -0.0900. The third-order valence-corrected chi connectivity index (χ3v) is 3.07. The Bertz CT molecular complexity index is 235. The maximum absolute atomic E-state index is 9.25. The third kappa shape index (κ3) is 1.32. The summed E-state index contributed by atoms with van der Waals surface area (Å²) < 4.78 is 1.41. The fraction of sp³-hybridized carbons (Fsp3) is 0.167. The Balaban J connectivity index is 3.34. The largest absolute Gasteiger partial charge is 0.505 e. The van der Waals surface area contributed by atoms with Crippen LogP contribution in [0.2, 0.25) is 0 Å². The van der Waals surface area contributed by atoms with Crippen LogP contribution in [0.1, 0.15) is 5.69 Å². The molecule has 1 aromatic heterocycles. The minimum atomic E-state index is 0.189. The monoisotopic (exact) mass is 265 g/mol. The summed E-state index contributed by atoms with van der Waals surface area (Å²) in [5.41, 5.74) is 0.620. The van der Waals surface area contributed by atoms with Crippen molar-refractivity contribution in [3.63, 3.8) is 0 Å². The van der Waals surface area contributed by atoms with E-state index in [0.29, 0.717) is 10.2 Å². The van der Waals surface area contributed by atoms with Gasteiger partial charge in [-0.05, 0) is 38.8 Å². The van der Waals surface area contributed by atoms with Gasteiger partial charge >= 0.3 is 0 Å². The zero-order valence-electron chi connectivity index (χ0n) is 5.23. The highest BCUT2D eigenvalue weighted by atomic mass is 79.9. The van der Waals surface area contributed by atoms with E-state index in [1.165, 1.54) is 0 Å². The van der Waals surface area contributed by atoms with Crippen LogP contribution >= 0.6 is 31.9 Å². The van der Waals surface area contributed by atoms with Crippen LogP contribution in [0.15, 0.2) is 15.1 Å². The number of pyridine rings is 1. The summed E-state index contributed by atoms with van der Waals surface area (Å²) in [5, 5.41) is 9.25. The molecule has 2 nitrogen and oxygen atoms in total. The molecular weight excluding hydrogens is 262 g/mol. The first-order valence-electron chi connectivity index (χ1n) is 2.62. The topological polar surface area (TPSA) is 33.1 Å². The molecular formula is C6H5Br2NO. The Kier molecular flexibility index (Phi) is 2.31. The Morgan fingerprint density at radius 2 is 2.10 bits per heavy atom. The van der Waals surface area contributed by atoms with Gasteiger partial charge in [-0.2, -0.15) is 0 Å². The molecule has 0 radical (unpaired) electrons. The number of halogens is 2. The van der Waals surface area contributed by atoms with E-state index in [1.54, 1.807) is 13.1 Å². The standard InChI is InChI=1S/C6H5Br2NO/c1-3-6(10)5(8)4(7)2-9-3/h2,10H,1H3. The molecule has 1 N–H and O–H groups in total. The van der Waals surface area contributed by atoms with Gasteiger partial charge in [-0.25, -0.2) is 0 Å². The van der Waals surface area contributed by atoms with Crippen LogP contribution in [0.5, 0.6) is 5.75 Å². The number of aromatic hydroxyl groups is 1. The second-order valence-electron chi connectivity index (χ2n) is 1.85. The van der Waals surface area contributed by atoms with E-state index in [9.17, 15) is 5.11 Å². The van der Waals surface area contributed by atoms with Gasteiger partial charge in [-0.1, -0.05) is 0 Å². The van der Waals surface area contributed by atoms with Crippen molar-refractivity contribution in [3.05, 3.63) is 20.8 Å². The minimum Gasteiger partial charge on any atom is -0.505 e. The van der Waals surface area contributed by atoms with E-state index < -0.39 is 0 Å². The van der Waals surface area contributed by atoms with Crippen LogP contribution in [0.25, 0.3) is 0 Å². The molecule has 0 fully saturated rings. The number of rotatable bonds is 0. The van der Waals surface area contributed by atoms with Gasteiger partial charge in [0.15, 0.2) is 5.75 Å². The van der Waals surface area contributed by atoms with Crippen molar-refractivity contribution in [2.24, 2.45) is 0 Å². The molecule has 0 saturated carbocycles. The van der Waals surface area contributed by atoms with E-state index in [2.05, 4.69) is 36.8 Å². The van der Waals surface area contributed by atoms with E-state index in [-0.39, 0.29) is 5.75 Å². The highest BCUT2D eigenvalue weighted by molar-refractivity contribution is 9.13. The lowest BCUT2D eigenvalue weighted by atomic mass is 10.3. The van der Waals surface area contributed by atoms with Crippen molar-refractivity contribution in [1.29, 1.82) is 0 Å². The second-order valence-corrected chi connectivity index (χ2v) is 3.50. The molecule has 0 amide bonds. The van der Waals surface area contributed by atoms with Crippen LogP contribution in [0.4, 0.5) is 0 Å². The molecule has 0 atom stereocenters. The number of nitrogens with zero attached hydrogens (tertiary/aromatic N) is 1. The lowest BCUT2D eigenvalue weighted by Crippen LogP contribution is -1.82. The summed E-state index contributed by atoms with van der Waals surface area (Å²) in [5.74, 6) is 0.189. The normalized spacial score (nSPS) is 9.90. The second kappa shape index (κ2) is 2.88. The number of hydrogen-bond donors (Lipinski definition) is 1. The molecule has 1 heterocycles. The van der Waals surface area contributed by atoms with Gasteiger partial charge < -0.3 is 5.11 Å².